The summed E-state index contributed by atoms with van der Waals surface area (Å²) in [6.07, 6.45) is 1.66. The molecule has 0 bridgehead atoms. The number of aryl methyl sites for hydroxylation is 1. The lowest BCUT2D eigenvalue weighted by atomic mass is 10.2. The first-order valence-electron chi connectivity index (χ1n) is 10.7. The van der Waals surface area contributed by atoms with E-state index in [4.69, 9.17) is 4.74 Å². The first-order chi connectivity index (χ1) is 16.8. The Kier molecular flexibility index (Phi) is 6.79. The molecule has 8 nitrogen and oxygen atoms in total. The summed E-state index contributed by atoms with van der Waals surface area (Å²) in [7, 11) is -2.47. The molecule has 3 aromatic carbocycles. The number of fused-ring (bicyclic) bond motifs is 1. The fourth-order valence-corrected chi connectivity index (χ4v) is 4.69. The van der Waals surface area contributed by atoms with E-state index >= 15 is 0 Å². The number of nitrogens with zero attached hydrogens (tertiary/aromatic N) is 2. The van der Waals surface area contributed by atoms with Crippen molar-refractivity contribution in [1.82, 2.24) is 4.98 Å². The van der Waals surface area contributed by atoms with Gasteiger partial charge in [0.15, 0.2) is 6.61 Å². The highest BCUT2D eigenvalue weighted by Gasteiger charge is 2.23. The van der Waals surface area contributed by atoms with Gasteiger partial charge in [-0.3, -0.25) is 14.1 Å². The van der Waals surface area contributed by atoms with Crippen molar-refractivity contribution in [3.8, 4) is 0 Å². The summed E-state index contributed by atoms with van der Waals surface area (Å²) in [5.41, 5.74) is 2.78. The normalized spacial score (nSPS) is 11.1. The second kappa shape index (κ2) is 9.94. The van der Waals surface area contributed by atoms with Gasteiger partial charge < -0.3 is 10.1 Å². The van der Waals surface area contributed by atoms with Gasteiger partial charge in [0, 0.05) is 18.6 Å². The molecule has 0 spiro atoms. The number of pyridine rings is 1. The Bertz CT molecular complexity index is 1500. The number of aromatic nitrogens is 1. The molecule has 0 saturated carbocycles. The lowest BCUT2D eigenvalue weighted by molar-refractivity contribution is -0.119. The molecule has 178 valence electrons. The predicted octanol–water partition coefficient (Wildman–Crippen LogP) is 4.16. The van der Waals surface area contributed by atoms with Crippen LogP contribution in [0, 0.1) is 6.92 Å². The molecule has 0 saturated heterocycles. The maximum atomic E-state index is 13.1. The van der Waals surface area contributed by atoms with Crippen LogP contribution in [0.3, 0.4) is 0 Å². The maximum Gasteiger partial charge on any atom is 0.338 e. The quantitative estimate of drug-likeness (QED) is 0.391. The molecule has 0 aliphatic heterocycles. The average Bonchev–Trinajstić information content (AvgIpc) is 2.87. The number of rotatable bonds is 7. The summed E-state index contributed by atoms with van der Waals surface area (Å²) >= 11 is 0. The largest absolute Gasteiger partial charge is 0.452 e. The smallest absolute Gasteiger partial charge is 0.338 e. The zero-order valence-corrected chi connectivity index (χ0v) is 20.0. The third-order valence-corrected chi connectivity index (χ3v) is 7.16. The van der Waals surface area contributed by atoms with Gasteiger partial charge in [-0.15, -0.1) is 0 Å². The number of sulfonamides is 1. The molecular formula is C26H23N3O5S. The van der Waals surface area contributed by atoms with Crippen molar-refractivity contribution in [3.63, 3.8) is 0 Å². The van der Waals surface area contributed by atoms with Gasteiger partial charge in [-0.25, -0.2) is 13.2 Å². The van der Waals surface area contributed by atoms with Crippen LogP contribution in [0.4, 0.5) is 11.4 Å². The molecule has 0 unspecified atom stereocenters. The molecule has 0 atom stereocenters. The van der Waals surface area contributed by atoms with Crippen molar-refractivity contribution >= 4 is 44.2 Å². The number of hydrogen-bond donors (Lipinski definition) is 1. The number of nitrogens with one attached hydrogen (secondary N) is 1. The van der Waals surface area contributed by atoms with E-state index in [9.17, 15) is 18.0 Å². The van der Waals surface area contributed by atoms with Gasteiger partial charge in [-0.2, -0.15) is 0 Å². The van der Waals surface area contributed by atoms with Gasteiger partial charge in [0.2, 0.25) is 0 Å². The van der Waals surface area contributed by atoms with Crippen molar-refractivity contribution in [3.05, 3.63) is 96.2 Å². The number of esters is 1. The van der Waals surface area contributed by atoms with Crippen molar-refractivity contribution in [2.24, 2.45) is 0 Å². The van der Waals surface area contributed by atoms with Crippen LogP contribution in [0.1, 0.15) is 15.9 Å². The molecule has 35 heavy (non-hydrogen) atoms. The van der Waals surface area contributed by atoms with Crippen LogP contribution in [-0.4, -0.2) is 38.9 Å². The Morgan fingerprint density at radius 2 is 1.71 bits per heavy atom. The summed E-state index contributed by atoms with van der Waals surface area (Å²) < 4.78 is 32.4. The highest BCUT2D eigenvalue weighted by molar-refractivity contribution is 7.92. The van der Waals surface area contributed by atoms with Gasteiger partial charge in [0.05, 0.1) is 27.4 Å². The monoisotopic (exact) mass is 489 g/mol. The summed E-state index contributed by atoms with van der Waals surface area (Å²) in [6, 6.07) is 21.4. The Balaban J connectivity index is 1.44. The van der Waals surface area contributed by atoms with Crippen LogP contribution >= 0.6 is 0 Å². The molecule has 1 amide bonds. The molecular weight excluding hydrogens is 466 g/mol. The van der Waals surface area contributed by atoms with E-state index in [-0.39, 0.29) is 10.5 Å². The van der Waals surface area contributed by atoms with Crippen molar-refractivity contribution < 1.29 is 22.7 Å². The average molecular weight is 490 g/mol. The van der Waals surface area contributed by atoms with E-state index in [1.807, 2.05) is 31.2 Å². The van der Waals surface area contributed by atoms with E-state index in [1.165, 1.54) is 31.3 Å². The number of carbonyl (C=O) groups is 2. The van der Waals surface area contributed by atoms with Crippen LogP contribution in [0.5, 0.6) is 0 Å². The van der Waals surface area contributed by atoms with Gasteiger partial charge in [0.1, 0.15) is 0 Å². The number of amides is 1. The zero-order valence-electron chi connectivity index (χ0n) is 19.1. The van der Waals surface area contributed by atoms with Gasteiger partial charge in [-0.1, -0.05) is 29.8 Å². The summed E-state index contributed by atoms with van der Waals surface area (Å²) in [5, 5.41) is 3.46. The summed E-state index contributed by atoms with van der Waals surface area (Å²) in [5.74, 6) is -1.34. The van der Waals surface area contributed by atoms with Gasteiger partial charge in [-0.05, 0) is 61.5 Å². The maximum absolute atomic E-state index is 13.1. The van der Waals surface area contributed by atoms with Crippen molar-refractivity contribution in [1.29, 1.82) is 0 Å². The molecule has 1 N–H and O–H groups in total. The summed E-state index contributed by atoms with van der Waals surface area (Å²) in [4.78, 5) is 29.1. The first-order valence-corrected chi connectivity index (χ1v) is 12.2. The van der Waals surface area contributed by atoms with Gasteiger partial charge in [0.25, 0.3) is 15.9 Å². The summed E-state index contributed by atoms with van der Waals surface area (Å²) in [6.45, 7) is 1.38. The molecule has 0 aliphatic carbocycles. The second-order valence-corrected chi connectivity index (χ2v) is 9.81. The molecule has 0 aliphatic rings. The van der Waals surface area contributed by atoms with Crippen LogP contribution in [0.25, 0.3) is 10.9 Å². The first kappa shape index (κ1) is 23.9. The van der Waals surface area contributed by atoms with Crippen LogP contribution in [-0.2, 0) is 19.6 Å². The van der Waals surface area contributed by atoms with E-state index < -0.39 is 28.5 Å². The van der Waals surface area contributed by atoms with E-state index in [2.05, 4.69) is 10.3 Å². The SMILES string of the molecule is Cc1ccc(N(C)S(=O)(=O)c2cccc(C(=O)OCC(=O)Nc3cccc4ncccc34)c2)cc1. The molecule has 0 radical (unpaired) electrons. The Labute approximate surface area is 203 Å². The highest BCUT2D eigenvalue weighted by Crippen LogP contribution is 2.24. The molecule has 4 rings (SSSR count). The molecule has 0 fully saturated rings. The minimum Gasteiger partial charge on any atom is -0.452 e. The van der Waals surface area contributed by atoms with Crippen molar-refractivity contribution in [2.45, 2.75) is 11.8 Å². The van der Waals surface area contributed by atoms with E-state index in [0.29, 0.717) is 11.4 Å². The molecule has 9 heteroatoms. The Morgan fingerprint density at radius 3 is 2.49 bits per heavy atom. The number of anilines is 2. The highest BCUT2D eigenvalue weighted by atomic mass is 32.2. The minimum absolute atomic E-state index is 0.0190. The number of carbonyl (C=O) groups excluding carboxylic acids is 2. The Hall–Kier alpha value is -4.24. The predicted molar refractivity (Wildman–Crippen MR) is 134 cm³/mol. The van der Waals surface area contributed by atoms with Crippen molar-refractivity contribution in [2.75, 3.05) is 23.3 Å². The zero-order chi connectivity index (χ0) is 25.0. The lowest BCUT2D eigenvalue weighted by Crippen LogP contribution is -2.27. The second-order valence-electron chi connectivity index (χ2n) is 7.84. The van der Waals surface area contributed by atoms with E-state index in [0.717, 1.165) is 20.8 Å². The standard InChI is InChI=1S/C26H23N3O5S/c1-18-11-13-20(14-12-18)29(2)35(32,33)21-7-3-6-19(16-21)26(31)34-17-25(30)28-24-10-4-9-23-22(24)8-5-15-27-23/h3-16H,17H2,1-2H3,(H,28,30). The number of benzene rings is 3. The fourth-order valence-electron chi connectivity index (χ4n) is 3.45. The molecule has 4 aromatic rings. The Morgan fingerprint density at radius 1 is 0.971 bits per heavy atom. The number of ether oxygens (including phenoxy) is 1. The van der Waals surface area contributed by atoms with Crippen LogP contribution < -0.4 is 9.62 Å². The van der Waals surface area contributed by atoms with Crippen LogP contribution in [0.2, 0.25) is 0 Å². The number of hydrogen-bond acceptors (Lipinski definition) is 6. The van der Waals surface area contributed by atoms with Gasteiger partial charge >= 0.3 is 5.97 Å². The minimum atomic E-state index is -3.91. The lowest BCUT2D eigenvalue weighted by Gasteiger charge is -2.20. The molecule has 1 heterocycles. The van der Waals surface area contributed by atoms with E-state index in [1.54, 1.807) is 36.5 Å². The third-order valence-electron chi connectivity index (χ3n) is 5.38. The molecule has 1 aromatic heterocycles. The fraction of sp³-hybridized carbons (Fsp3) is 0.115. The third kappa shape index (κ3) is 5.30. The van der Waals surface area contributed by atoms with Crippen LogP contribution in [0.15, 0.2) is 90.0 Å². The topological polar surface area (TPSA) is 106 Å².